The Morgan fingerprint density at radius 3 is 2.25 bits per heavy atom. The number of anilines is 1. The van der Waals surface area contributed by atoms with Gasteiger partial charge >= 0.3 is 6.18 Å². The minimum Gasteiger partial charge on any atom is -0.360 e. The van der Waals surface area contributed by atoms with Crippen LogP contribution >= 0.6 is 12.2 Å². The van der Waals surface area contributed by atoms with Gasteiger partial charge in [0.2, 0.25) is 0 Å². The first kappa shape index (κ1) is 23.0. The monoisotopic (exact) mass is 414 g/mol. The van der Waals surface area contributed by atoms with E-state index in [-0.39, 0.29) is 18.9 Å². The zero-order valence-electron chi connectivity index (χ0n) is 17.4. The summed E-state index contributed by atoms with van der Waals surface area (Å²) in [5.74, 6) is -0.731. The van der Waals surface area contributed by atoms with Crippen molar-refractivity contribution in [3.63, 3.8) is 0 Å². The third-order valence-electron chi connectivity index (χ3n) is 5.98. The zero-order chi connectivity index (χ0) is 20.9. The van der Waals surface area contributed by atoms with Crippen LogP contribution in [0.3, 0.4) is 0 Å². The van der Waals surface area contributed by atoms with Crippen molar-refractivity contribution in [3.8, 4) is 0 Å². The van der Waals surface area contributed by atoms with Crippen molar-refractivity contribution < 1.29 is 13.2 Å². The van der Waals surface area contributed by atoms with Gasteiger partial charge in [0.05, 0.1) is 5.92 Å². The van der Waals surface area contributed by atoms with E-state index < -0.39 is 12.1 Å². The lowest BCUT2D eigenvalue weighted by molar-refractivity contribution is -0.183. The topological polar surface area (TPSA) is 24.1 Å². The Morgan fingerprint density at radius 1 is 1.14 bits per heavy atom. The molecule has 1 fully saturated rings. The van der Waals surface area contributed by atoms with Crippen LogP contribution in [0.2, 0.25) is 0 Å². The van der Waals surface area contributed by atoms with E-state index in [1.165, 1.54) is 16.7 Å². The predicted molar refractivity (Wildman–Crippen MR) is 115 cm³/mol. The minimum atomic E-state index is -4.12. The highest BCUT2D eigenvalue weighted by atomic mass is 32.1. The van der Waals surface area contributed by atoms with Gasteiger partial charge in [-0.2, -0.15) is 13.2 Å². The number of hydrogen-bond acceptors (Lipinski definition) is 1. The van der Waals surface area contributed by atoms with E-state index in [0.29, 0.717) is 17.5 Å². The zero-order valence-corrected chi connectivity index (χ0v) is 18.2. The van der Waals surface area contributed by atoms with Gasteiger partial charge in [-0.15, -0.1) is 0 Å². The Labute approximate surface area is 172 Å². The van der Waals surface area contributed by atoms with Crippen LogP contribution in [0.25, 0.3) is 0 Å². The van der Waals surface area contributed by atoms with Crippen LogP contribution in [0.15, 0.2) is 12.1 Å². The molecular weight excluding hydrogens is 381 g/mol. The maximum absolute atomic E-state index is 13.1. The molecule has 0 spiro atoms. The largest absolute Gasteiger partial charge is 0.391 e. The number of aryl methyl sites for hydroxylation is 2. The highest BCUT2D eigenvalue weighted by molar-refractivity contribution is 7.80. The smallest absolute Gasteiger partial charge is 0.360 e. The van der Waals surface area contributed by atoms with Crippen molar-refractivity contribution in [3.05, 3.63) is 28.8 Å². The second-order valence-corrected chi connectivity index (χ2v) is 8.34. The average molecular weight is 415 g/mol. The lowest BCUT2D eigenvalue weighted by Crippen LogP contribution is -2.43. The van der Waals surface area contributed by atoms with E-state index in [2.05, 4.69) is 50.5 Å². The van der Waals surface area contributed by atoms with Crippen LogP contribution in [-0.4, -0.2) is 17.3 Å². The molecule has 0 bridgehead atoms. The van der Waals surface area contributed by atoms with E-state index in [0.717, 1.165) is 31.4 Å². The highest BCUT2D eigenvalue weighted by Crippen LogP contribution is 2.37. The molecule has 158 valence electrons. The number of thiocarbonyl (C=S) groups is 1. The molecule has 3 unspecified atom stereocenters. The highest BCUT2D eigenvalue weighted by Gasteiger charge is 2.42. The molecule has 0 aliphatic heterocycles. The van der Waals surface area contributed by atoms with Crippen LogP contribution in [0.4, 0.5) is 18.9 Å². The Morgan fingerprint density at radius 2 is 1.75 bits per heavy atom. The van der Waals surface area contributed by atoms with E-state index in [9.17, 15) is 13.2 Å². The first-order valence-electron chi connectivity index (χ1n) is 10.5. The molecule has 1 aromatic rings. The number of rotatable bonds is 6. The van der Waals surface area contributed by atoms with Gasteiger partial charge < -0.3 is 10.6 Å². The van der Waals surface area contributed by atoms with Crippen molar-refractivity contribution in [1.82, 2.24) is 5.32 Å². The van der Waals surface area contributed by atoms with Crippen molar-refractivity contribution in [1.29, 1.82) is 0 Å². The van der Waals surface area contributed by atoms with E-state index >= 15 is 0 Å². The second kappa shape index (κ2) is 9.95. The number of nitrogens with one attached hydrogen (secondary N) is 2. The molecule has 0 saturated heterocycles. The summed E-state index contributed by atoms with van der Waals surface area (Å²) in [5, 5.41) is 6.87. The summed E-state index contributed by atoms with van der Waals surface area (Å²) in [6.45, 7) is 8.65. The first-order valence-corrected chi connectivity index (χ1v) is 10.9. The molecule has 2 N–H and O–H groups in total. The molecule has 0 radical (unpaired) electrons. The molecule has 28 heavy (non-hydrogen) atoms. The quantitative estimate of drug-likeness (QED) is 0.505. The van der Waals surface area contributed by atoms with Crippen molar-refractivity contribution in [2.75, 3.05) is 5.32 Å². The molecule has 1 aromatic carbocycles. The summed E-state index contributed by atoms with van der Waals surface area (Å²) in [6, 6.07) is 4.24. The van der Waals surface area contributed by atoms with Crippen molar-refractivity contribution in [2.24, 2.45) is 5.92 Å². The molecule has 6 heteroatoms. The van der Waals surface area contributed by atoms with E-state index in [1.807, 2.05) is 0 Å². The minimum absolute atomic E-state index is 0.0968. The summed E-state index contributed by atoms with van der Waals surface area (Å²) in [6.07, 6.45) is 0.339. The number of benzene rings is 1. The van der Waals surface area contributed by atoms with E-state index in [4.69, 9.17) is 12.2 Å². The van der Waals surface area contributed by atoms with Gasteiger partial charge in [0.25, 0.3) is 0 Å². The maximum Gasteiger partial charge on any atom is 0.391 e. The average Bonchev–Trinajstić information content (AvgIpc) is 2.66. The number of halogens is 3. The fraction of sp³-hybridized carbons (Fsp3) is 0.682. The summed E-state index contributed by atoms with van der Waals surface area (Å²) in [5.41, 5.74) is 4.75. The predicted octanol–water partition coefficient (Wildman–Crippen LogP) is 6.73. The van der Waals surface area contributed by atoms with Crippen molar-refractivity contribution >= 4 is 23.0 Å². The Hall–Kier alpha value is -1.30. The number of alkyl halides is 3. The maximum atomic E-state index is 13.1. The second-order valence-electron chi connectivity index (χ2n) is 7.93. The fourth-order valence-electron chi connectivity index (χ4n) is 3.99. The van der Waals surface area contributed by atoms with Gasteiger partial charge in [0, 0.05) is 11.7 Å². The SMILES string of the molecule is CCc1cc(C(C)CC)cc(CC)c1NC(=S)NC1CCCC(C(F)(F)F)C1. The van der Waals surface area contributed by atoms with Gasteiger partial charge in [-0.05, 0) is 73.4 Å². The lowest BCUT2D eigenvalue weighted by Gasteiger charge is -2.32. The van der Waals surface area contributed by atoms with Gasteiger partial charge in [0.1, 0.15) is 0 Å². The molecule has 2 nitrogen and oxygen atoms in total. The molecule has 0 aromatic heterocycles. The third kappa shape index (κ3) is 5.85. The van der Waals surface area contributed by atoms with Gasteiger partial charge in [-0.1, -0.05) is 46.2 Å². The van der Waals surface area contributed by atoms with Crippen LogP contribution < -0.4 is 10.6 Å². The molecule has 3 atom stereocenters. The summed E-state index contributed by atoms with van der Waals surface area (Å²) in [4.78, 5) is 0. The summed E-state index contributed by atoms with van der Waals surface area (Å²) >= 11 is 5.47. The molecule has 1 aliphatic carbocycles. The van der Waals surface area contributed by atoms with E-state index in [1.54, 1.807) is 0 Å². The molecular formula is C22H33F3N2S. The summed E-state index contributed by atoms with van der Waals surface area (Å²) in [7, 11) is 0. The van der Waals surface area contributed by atoms with Gasteiger partial charge in [0.15, 0.2) is 5.11 Å². The van der Waals surface area contributed by atoms with Crippen molar-refractivity contribution in [2.45, 2.75) is 90.8 Å². The van der Waals surface area contributed by atoms with Gasteiger partial charge in [-0.3, -0.25) is 0 Å². The van der Waals surface area contributed by atoms with Crippen LogP contribution in [0, 0.1) is 5.92 Å². The molecule has 2 rings (SSSR count). The first-order chi connectivity index (χ1) is 13.2. The van der Waals surface area contributed by atoms with Crippen LogP contribution in [0.1, 0.15) is 82.4 Å². The normalized spacial score (nSPS) is 21.2. The lowest BCUT2D eigenvalue weighted by atomic mass is 9.85. The van der Waals surface area contributed by atoms with Crippen LogP contribution in [-0.2, 0) is 12.8 Å². The molecule has 0 heterocycles. The summed E-state index contributed by atoms with van der Waals surface area (Å²) < 4.78 is 39.2. The molecule has 1 saturated carbocycles. The van der Waals surface area contributed by atoms with Gasteiger partial charge in [-0.25, -0.2) is 0 Å². The Balaban J connectivity index is 2.12. The standard InChI is InChI=1S/C22H33F3N2S/c1-5-14(4)17-11-15(6-2)20(16(7-3)12-17)27-21(28)26-19-10-8-9-18(13-19)22(23,24)25/h11-12,14,18-19H,5-10,13H2,1-4H3,(H2,26,27,28). The van der Waals surface area contributed by atoms with Crippen LogP contribution in [0.5, 0.6) is 0 Å². The fourth-order valence-corrected chi connectivity index (χ4v) is 4.25. The molecule has 1 aliphatic rings. The Kier molecular flexibility index (Phi) is 8.17. The third-order valence-corrected chi connectivity index (χ3v) is 6.20. The Bertz CT molecular complexity index is 647. The molecule has 0 amide bonds. The number of hydrogen-bond donors (Lipinski definition) is 2.